The van der Waals surface area contributed by atoms with Gasteiger partial charge in [-0.3, -0.25) is 19.5 Å². The molecule has 0 aliphatic carbocycles. The molecule has 2 aromatic carbocycles. The van der Waals surface area contributed by atoms with Gasteiger partial charge in [0.25, 0.3) is 11.7 Å². The zero-order chi connectivity index (χ0) is 25.1. The standard InChI is InChI=1S/C27H24N2O6/c1-16(2)35-27(33)17-9-8-10-18(15-17)29-23(20-12-6-7-14-28-20)22(25(31)26(29)32)24(30)19-11-4-5-13-21(19)34-3/h4-16,23,30H,1-3H3/b24-22+. The van der Waals surface area contributed by atoms with Crippen LogP contribution in [0.4, 0.5) is 5.69 Å². The number of esters is 1. The number of carbonyl (C=O) groups is 3. The fourth-order valence-electron chi connectivity index (χ4n) is 3.97. The van der Waals surface area contributed by atoms with Crippen LogP contribution in [-0.2, 0) is 14.3 Å². The number of aliphatic hydroxyl groups excluding tert-OH is 1. The van der Waals surface area contributed by atoms with E-state index in [0.29, 0.717) is 17.1 Å². The van der Waals surface area contributed by atoms with Gasteiger partial charge in [0.05, 0.1) is 35.6 Å². The van der Waals surface area contributed by atoms with E-state index in [1.54, 1.807) is 74.5 Å². The van der Waals surface area contributed by atoms with Gasteiger partial charge in [0.1, 0.15) is 17.6 Å². The predicted octanol–water partition coefficient (Wildman–Crippen LogP) is 4.28. The number of amides is 1. The van der Waals surface area contributed by atoms with Crippen LogP contribution in [0.15, 0.2) is 78.5 Å². The van der Waals surface area contributed by atoms with Gasteiger partial charge in [-0.05, 0) is 56.3 Å². The highest BCUT2D eigenvalue weighted by atomic mass is 16.5. The van der Waals surface area contributed by atoms with Crippen molar-refractivity contribution in [3.63, 3.8) is 0 Å². The number of para-hydroxylation sites is 1. The van der Waals surface area contributed by atoms with Gasteiger partial charge in [-0.15, -0.1) is 0 Å². The summed E-state index contributed by atoms with van der Waals surface area (Å²) < 4.78 is 10.6. The van der Waals surface area contributed by atoms with Gasteiger partial charge in [0.15, 0.2) is 0 Å². The van der Waals surface area contributed by atoms with Crippen molar-refractivity contribution in [2.24, 2.45) is 0 Å². The third-order valence-corrected chi connectivity index (χ3v) is 5.48. The maximum atomic E-state index is 13.3. The van der Waals surface area contributed by atoms with Crippen LogP contribution in [0.5, 0.6) is 5.75 Å². The Balaban J connectivity index is 1.90. The summed E-state index contributed by atoms with van der Waals surface area (Å²) >= 11 is 0. The summed E-state index contributed by atoms with van der Waals surface area (Å²) in [5, 5.41) is 11.3. The number of pyridine rings is 1. The van der Waals surface area contributed by atoms with E-state index in [-0.39, 0.29) is 28.6 Å². The summed E-state index contributed by atoms with van der Waals surface area (Å²) in [5.74, 6) is -2.32. The molecule has 2 heterocycles. The highest BCUT2D eigenvalue weighted by molar-refractivity contribution is 6.51. The predicted molar refractivity (Wildman–Crippen MR) is 129 cm³/mol. The van der Waals surface area contributed by atoms with Gasteiger partial charge in [0.2, 0.25) is 0 Å². The molecule has 1 aliphatic heterocycles. The van der Waals surface area contributed by atoms with Crippen LogP contribution in [0.1, 0.15) is 41.5 Å². The number of benzene rings is 2. The number of aromatic nitrogens is 1. The smallest absolute Gasteiger partial charge is 0.338 e. The molecule has 1 aliphatic rings. The van der Waals surface area contributed by atoms with E-state index in [1.807, 2.05) is 0 Å². The molecule has 8 nitrogen and oxygen atoms in total. The van der Waals surface area contributed by atoms with Crippen LogP contribution < -0.4 is 9.64 Å². The van der Waals surface area contributed by atoms with Crippen molar-refractivity contribution in [2.75, 3.05) is 12.0 Å². The molecule has 1 amide bonds. The number of carbonyl (C=O) groups excluding carboxylic acids is 3. The highest BCUT2D eigenvalue weighted by Gasteiger charge is 2.48. The fraction of sp³-hybridized carbons (Fsp3) is 0.185. The molecule has 1 aromatic heterocycles. The maximum Gasteiger partial charge on any atom is 0.338 e. The maximum absolute atomic E-state index is 13.3. The van der Waals surface area contributed by atoms with Crippen LogP contribution in [0.3, 0.4) is 0 Å². The number of hydrogen-bond acceptors (Lipinski definition) is 7. The number of ether oxygens (including phenoxy) is 2. The highest BCUT2D eigenvalue weighted by Crippen LogP contribution is 2.42. The Morgan fingerprint density at radius 3 is 2.46 bits per heavy atom. The lowest BCUT2D eigenvalue weighted by Crippen LogP contribution is -2.30. The molecule has 1 N–H and O–H groups in total. The molecule has 1 fully saturated rings. The van der Waals surface area contributed by atoms with E-state index < -0.39 is 23.7 Å². The van der Waals surface area contributed by atoms with Crippen molar-refractivity contribution in [1.82, 2.24) is 4.98 Å². The molecule has 35 heavy (non-hydrogen) atoms. The topological polar surface area (TPSA) is 106 Å². The van der Waals surface area contributed by atoms with Crippen LogP contribution >= 0.6 is 0 Å². The molecule has 1 unspecified atom stereocenters. The van der Waals surface area contributed by atoms with Crippen molar-refractivity contribution in [3.8, 4) is 5.75 Å². The SMILES string of the molecule is COc1ccccc1/C(O)=C1\C(=O)C(=O)N(c2cccc(C(=O)OC(C)C)c2)C1c1ccccn1. The first-order valence-corrected chi connectivity index (χ1v) is 11.0. The zero-order valence-corrected chi connectivity index (χ0v) is 19.5. The Kier molecular flexibility index (Phi) is 6.64. The second-order valence-corrected chi connectivity index (χ2v) is 8.13. The van der Waals surface area contributed by atoms with E-state index in [0.717, 1.165) is 0 Å². The molecule has 178 valence electrons. The number of nitrogens with zero attached hydrogens (tertiary/aromatic N) is 2. The number of methoxy groups -OCH3 is 1. The Morgan fingerprint density at radius 1 is 1.03 bits per heavy atom. The summed E-state index contributed by atoms with van der Waals surface area (Å²) in [6, 6.07) is 17.0. The van der Waals surface area contributed by atoms with E-state index in [1.165, 1.54) is 24.3 Å². The first-order valence-electron chi connectivity index (χ1n) is 11.0. The molecule has 4 rings (SSSR count). The van der Waals surface area contributed by atoms with Crippen LogP contribution in [0, 0.1) is 0 Å². The number of ketones is 1. The first-order chi connectivity index (χ1) is 16.8. The molecule has 0 bridgehead atoms. The Labute approximate surface area is 202 Å². The Hall–Kier alpha value is -4.46. The van der Waals surface area contributed by atoms with Gasteiger partial charge < -0.3 is 14.6 Å². The van der Waals surface area contributed by atoms with Gasteiger partial charge in [-0.1, -0.05) is 24.3 Å². The summed E-state index contributed by atoms with van der Waals surface area (Å²) in [6.45, 7) is 3.47. The number of aliphatic hydroxyl groups is 1. The lowest BCUT2D eigenvalue weighted by molar-refractivity contribution is -0.132. The molecule has 0 radical (unpaired) electrons. The average molecular weight is 472 g/mol. The summed E-state index contributed by atoms with van der Waals surface area (Å²) in [5.41, 5.74) is 1.03. The van der Waals surface area contributed by atoms with Gasteiger partial charge in [0, 0.05) is 11.9 Å². The largest absolute Gasteiger partial charge is 0.507 e. The summed E-state index contributed by atoms with van der Waals surface area (Å²) in [4.78, 5) is 44.7. The number of hydrogen-bond donors (Lipinski definition) is 1. The van der Waals surface area contributed by atoms with E-state index >= 15 is 0 Å². The van der Waals surface area contributed by atoms with Crippen LogP contribution in [-0.4, -0.2) is 41.0 Å². The van der Waals surface area contributed by atoms with E-state index in [4.69, 9.17) is 9.47 Å². The molecule has 0 spiro atoms. The molecule has 8 heteroatoms. The van der Waals surface area contributed by atoms with Crippen molar-refractivity contribution in [3.05, 3.63) is 95.3 Å². The number of Topliss-reactive ketones (excluding diaryl/α,β-unsaturated/α-hetero) is 1. The van der Waals surface area contributed by atoms with Gasteiger partial charge in [-0.25, -0.2) is 4.79 Å². The van der Waals surface area contributed by atoms with Gasteiger partial charge in [-0.2, -0.15) is 0 Å². The van der Waals surface area contributed by atoms with Crippen molar-refractivity contribution < 1.29 is 29.0 Å². The average Bonchev–Trinajstić information content (AvgIpc) is 3.14. The van der Waals surface area contributed by atoms with E-state index in [9.17, 15) is 19.5 Å². The lowest BCUT2D eigenvalue weighted by Gasteiger charge is -2.25. The normalized spacial score (nSPS) is 17.0. The quantitative estimate of drug-likeness (QED) is 0.247. The zero-order valence-electron chi connectivity index (χ0n) is 19.5. The minimum atomic E-state index is -1.03. The van der Waals surface area contributed by atoms with E-state index in [2.05, 4.69) is 4.98 Å². The molecule has 0 saturated carbocycles. The Bertz CT molecular complexity index is 1320. The Morgan fingerprint density at radius 2 is 1.77 bits per heavy atom. The number of rotatable bonds is 6. The minimum absolute atomic E-state index is 0.131. The molecular weight excluding hydrogens is 448 g/mol. The summed E-state index contributed by atoms with van der Waals surface area (Å²) in [6.07, 6.45) is 1.21. The minimum Gasteiger partial charge on any atom is -0.507 e. The fourth-order valence-corrected chi connectivity index (χ4v) is 3.97. The lowest BCUT2D eigenvalue weighted by atomic mass is 9.97. The van der Waals surface area contributed by atoms with Crippen LogP contribution in [0.25, 0.3) is 5.76 Å². The number of anilines is 1. The van der Waals surface area contributed by atoms with Crippen molar-refractivity contribution in [1.29, 1.82) is 0 Å². The second-order valence-electron chi connectivity index (χ2n) is 8.13. The summed E-state index contributed by atoms with van der Waals surface area (Å²) in [7, 11) is 1.45. The monoisotopic (exact) mass is 472 g/mol. The third kappa shape index (κ3) is 4.50. The van der Waals surface area contributed by atoms with Crippen molar-refractivity contribution >= 4 is 29.1 Å². The third-order valence-electron chi connectivity index (χ3n) is 5.48. The molecule has 1 atom stereocenters. The molecular formula is C27H24N2O6. The van der Waals surface area contributed by atoms with Crippen molar-refractivity contribution in [2.45, 2.75) is 26.0 Å². The first kappa shape index (κ1) is 23.7. The van der Waals surface area contributed by atoms with Gasteiger partial charge >= 0.3 is 5.97 Å². The molecule has 1 saturated heterocycles. The van der Waals surface area contributed by atoms with Crippen LogP contribution in [0.2, 0.25) is 0 Å². The second kappa shape index (κ2) is 9.80. The molecule has 3 aromatic rings.